The van der Waals surface area contributed by atoms with E-state index in [0.29, 0.717) is 13.2 Å². The zero-order valence-electron chi connectivity index (χ0n) is 12.1. The number of rotatable bonds is 4. The van der Waals surface area contributed by atoms with E-state index in [1.54, 1.807) is 7.11 Å². The van der Waals surface area contributed by atoms with Gasteiger partial charge in [-0.1, -0.05) is 6.07 Å². The normalized spacial score (nSPS) is 18.8. The average Bonchev–Trinajstić information content (AvgIpc) is 2.33. The number of nitrogens with two attached hydrogens (primary N) is 1. The van der Waals surface area contributed by atoms with Crippen LogP contribution in [-0.4, -0.2) is 32.0 Å². The van der Waals surface area contributed by atoms with Gasteiger partial charge in [0.25, 0.3) is 0 Å². The van der Waals surface area contributed by atoms with Crippen molar-refractivity contribution in [3.63, 3.8) is 0 Å². The van der Waals surface area contributed by atoms with E-state index in [0.717, 1.165) is 28.0 Å². The molecule has 1 aliphatic rings. The summed E-state index contributed by atoms with van der Waals surface area (Å²) in [7, 11) is 1.68. The van der Waals surface area contributed by atoms with Crippen LogP contribution in [0.15, 0.2) is 6.07 Å². The first-order chi connectivity index (χ1) is 8.96. The molecule has 0 spiro atoms. The molecule has 0 aliphatic carbocycles. The van der Waals surface area contributed by atoms with Crippen LogP contribution in [-0.2, 0) is 4.74 Å². The van der Waals surface area contributed by atoms with Gasteiger partial charge in [-0.25, -0.2) is 0 Å². The first-order valence-electron chi connectivity index (χ1n) is 6.55. The second-order valence-electron chi connectivity index (χ2n) is 5.56. The van der Waals surface area contributed by atoms with E-state index in [2.05, 4.69) is 13.0 Å². The molecule has 0 radical (unpaired) electrons. The predicted octanol–water partition coefficient (Wildman–Crippen LogP) is 1.63. The van der Waals surface area contributed by atoms with E-state index < -0.39 is 0 Å². The number of hydrogen-bond acceptors (Lipinski definition) is 4. The number of ether oxygens (including phenoxy) is 2. The Hall–Kier alpha value is -1.10. The Morgan fingerprint density at radius 3 is 2.42 bits per heavy atom. The molecule has 0 bridgehead atoms. The molecule has 3 N–H and O–H groups in total. The lowest BCUT2D eigenvalue weighted by Gasteiger charge is -2.45. The van der Waals surface area contributed by atoms with Crippen LogP contribution < -0.4 is 10.5 Å². The molecule has 1 heterocycles. The summed E-state index contributed by atoms with van der Waals surface area (Å²) < 4.78 is 10.7. The highest BCUT2D eigenvalue weighted by molar-refractivity contribution is 5.50. The summed E-state index contributed by atoms with van der Waals surface area (Å²) in [5, 5.41) is 9.61. The Labute approximate surface area is 114 Å². The third kappa shape index (κ3) is 2.14. The summed E-state index contributed by atoms with van der Waals surface area (Å²) in [4.78, 5) is 0. The number of aliphatic hydroxyl groups is 1. The molecule has 4 nitrogen and oxygen atoms in total. The topological polar surface area (TPSA) is 64.7 Å². The van der Waals surface area contributed by atoms with Gasteiger partial charge in [-0.3, -0.25) is 0 Å². The van der Waals surface area contributed by atoms with Crippen molar-refractivity contribution in [1.29, 1.82) is 0 Å². The molecule has 0 amide bonds. The molecule has 0 aromatic heterocycles. The summed E-state index contributed by atoms with van der Waals surface area (Å²) in [6.45, 7) is 7.21. The zero-order chi connectivity index (χ0) is 14.2. The molecule has 1 atom stereocenters. The maximum Gasteiger partial charge on any atom is 0.124 e. The number of aliphatic hydroxyl groups excluding tert-OH is 1. The minimum absolute atomic E-state index is 0.0533. The van der Waals surface area contributed by atoms with Crippen LogP contribution in [0.1, 0.15) is 28.3 Å². The monoisotopic (exact) mass is 265 g/mol. The van der Waals surface area contributed by atoms with Crippen molar-refractivity contribution in [3.8, 4) is 5.75 Å². The molecule has 1 aromatic carbocycles. The van der Waals surface area contributed by atoms with Crippen molar-refractivity contribution in [1.82, 2.24) is 0 Å². The smallest absolute Gasteiger partial charge is 0.124 e. The molecular formula is C15H23NO3. The first kappa shape index (κ1) is 14.3. The Kier molecular flexibility index (Phi) is 3.85. The SMILES string of the molecule is COc1c(C)cc(C(N)C2(CO)COC2)c(C)c1C. The van der Waals surface area contributed by atoms with Crippen molar-refractivity contribution in [3.05, 3.63) is 28.3 Å². The highest BCUT2D eigenvalue weighted by atomic mass is 16.5. The maximum absolute atomic E-state index is 9.61. The van der Waals surface area contributed by atoms with Gasteiger partial charge < -0.3 is 20.3 Å². The average molecular weight is 265 g/mol. The Balaban J connectivity index is 2.46. The fourth-order valence-electron chi connectivity index (χ4n) is 2.79. The van der Waals surface area contributed by atoms with Crippen molar-refractivity contribution in [2.45, 2.75) is 26.8 Å². The van der Waals surface area contributed by atoms with Crippen LogP contribution in [0.25, 0.3) is 0 Å². The lowest BCUT2D eigenvalue weighted by atomic mass is 9.74. The molecule has 4 heteroatoms. The van der Waals surface area contributed by atoms with Crippen molar-refractivity contribution < 1.29 is 14.6 Å². The van der Waals surface area contributed by atoms with Gasteiger partial charge in [-0.2, -0.15) is 0 Å². The van der Waals surface area contributed by atoms with Gasteiger partial charge in [0.1, 0.15) is 5.75 Å². The molecular weight excluding hydrogens is 242 g/mol. The summed E-state index contributed by atoms with van der Waals surface area (Å²) in [6, 6.07) is 1.86. The number of methoxy groups -OCH3 is 1. The molecule has 1 fully saturated rings. The number of aryl methyl sites for hydroxylation is 1. The molecule has 1 unspecified atom stereocenters. The van der Waals surface area contributed by atoms with Gasteiger partial charge in [0.05, 0.1) is 32.3 Å². The summed E-state index contributed by atoms with van der Waals surface area (Å²) >= 11 is 0. The maximum atomic E-state index is 9.61. The van der Waals surface area contributed by atoms with Crippen LogP contribution in [0.3, 0.4) is 0 Å². The molecule has 2 rings (SSSR count). The second kappa shape index (κ2) is 5.12. The summed E-state index contributed by atoms with van der Waals surface area (Å²) in [6.07, 6.45) is 0. The highest BCUT2D eigenvalue weighted by Crippen LogP contribution is 2.42. The Morgan fingerprint density at radius 1 is 1.37 bits per heavy atom. The van der Waals surface area contributed by atoms with E-state index in [1.165, 1.54) is 0 Å². The molecule has 19 heavy (non-hydrogen) atoms. The van der Waals surface area contributed by atoms with Crippen LogP contribution in [0, 0.1) is 26.2 Å². The number of hydrogen-bond donors (Lipinski definition) is 2. The van der Waals surface area contributed by atoms with Gasteiger partial charge >= 0.3 is 0 Å². The summed E-state index contributed by atoms with van der Waals surface area (Å²) in [5.74, 6) is 0.913. The third-order valence-electron chi connectivity index (χ3n) is 4.36. The molecule has 0 saturated carbocycles. The van der Waals surface area contributed by atoms with Gasteiger partial charge in [0.15, 0.2) is 0 Å². The fourth-order valence-corrected chi connectivity index (χ4v) is 2.79. The van der Waals surface area contributed by atoms with Gasteiger partial charge in [-0.05, 0) is 43.0 Å². The predicted molar refractivity (Wildman–Crippen MR) is 74.5 cm³/mol. The van der Waals surface area contributed by atoms with Gasteiger partial charge in [-0.15, -0.1) is 0 Å². The van der Waals surface area contributed by atoms with E-state index in [-0.39, 0.29) is 18.1 Å². The second-order valence-corrected chi connectivity index (χ2v) is 5.56. The number of benzene rings is 1. The quantitative estimate of drug-likeness (QED) is 0.868. The Morgan fingerprint density at radius 2 is 2.00 bits per heavy atom. The highest BCUT2D eigenvalue weighted by Gasteiger charge is 2.45. The zero-order valence-corrected chi connectivity index (χ0v) is 12.1. The molecule has 1 aliphatic heterocycles. The van der Waals surface area contributed by atoms with Crippen LogP contribution in [0.5, 0.6) is 5.75 Å². The van der Waals surface area contributed by atoms with E-state index in [4.69, 9.17) is 15.2 Å². The lowest BCUT2D eigenvalue weighted by Crippen LogP contribution is -2.53. The Bertz CT molecular complexity index is 475. The van der Waals surface area contributed by atoms with Crippen molar-refractivity contribution >= 4 is 0 Å². The molecule has 106 valence electrons. The fraction of sp³-hybridized carbons (Fsp3) is 0.600. The van der Waals surface area contributed by atoms with Crippen molar-refractivity contribution in [2.24, 2.45) is 11.1 Å². The van der Waals surface area contributed by atoms with E-state index in [1.807, 2.05) is 13.8 Å². The molecule has 1 aromatic rings. The standard InChI is InChI=1S/C15H23NO3/c1-9-5-12(10(2)11(3)13(9)18-4)14(16)15(6-17)7-19-8-15/h5,14,17H,6-8,16H2,1-4H3. The van der Waals surface area contributed by atoms with E-state index in [9.17, 15) is 5.11 Å². The van der Waals surface area contributed by atoms with Crippen LogP contribution in [0.2, 0.25) is 0 Å². The van der Waals surface area contributed by atoms with E-state index >= 15 is 0 Å². The van der Waals surface area contributed by atoms with Crippen LogP contribution in [0.4, 0.5) is 0 Å². The summed E-state index contributed by atoms with van der Waals surface area (Å²) in [5.41, 5.74) is 10.5. The minimum atomic E-state index is -0.335. The van der Waals surface area contributed by atoms with Gasteiger partial charge in [0, 0.05) is 6.04 Å². The van der Waals surface area contributed by atoms with Crippen molar-refractivity contribution in [2.75, 3.05) is 26.9 Å². The van der Waals surface area contributed by atoms with Gasteiger partial charge in [0.2, 0.25) is 0 Å². The largest absolute Gasteiger partial charge is 0.496 e. The molecule has 1 saturated heterocycles. The third-order valence-corrected chi connectivity index (χ3v) is 4.36. The minimum Gasteiger partial charge on any atom is -0.496 e. The first-order valence-corrected chi connectivity index (χ1v) is 6.55. The lowest BCUT2D eigenvalue weighted by molar-refractivity contribution is -0.150. The van der Waals surface area contributed by atoms with Crippen LogP contribution >= 0.6 is 0 Å².